The van der Waals surface area contributed by atoms with Gasteiger partial charge in [0, 0.05) is 11.0 Å². The molecule has 190 valence electrons. The van der Waals surface area contributed by atoms with Crippen LogP contribution in [0.15, 0.2) is 72.8 Å². The van der Waals surface area contributed by atoms with Crippen molar-refractivity contribution in [2.45, 2.75) is 69.5 Å². The van der Waals surface area contributed by atoms with Gasteiger partial charge in [0.25, 0.3) is 7.37 Å². The number of anilines is 1. The Labute approximate surface area is 211 Å². The molecule has 3 heterocycles. The lowest BCUT2D eigenvalue weighted by atomic mass is 10.0. The summed E-state index contributed by atoms with van der Waals surface area (Å²) in [5.41, 5.74) is 0.838. The standard InChI is InChI=1S/C28H32NO6P/c1-27(2)31-17-22(32-27)23-24-25(34-28(3,4)33-24)26(36(30,35-23)21-12-6-5-7-13-21)29-20-15-14-18-10-8-9-11-19(18)16-20/h5-16,22-26,29H,17H2,1-4H3/t22-,23-,24+,25+,26-,36+/m1/s1. The highest BCUT2D eigenvalue weighted by Gasteiger charge is 2.62. The highest BCUT2D eigenvalue weighted by molar-refractivity contribution is 7.68. The maximum absolute atomic E-state index is 15.0. The maximum atomic E-state index is 15.0. The average Bonchev–Trinajstić information content (AvgIpc) is 3.39. The average molecular weight is 510 g/mol. The molecule has 6 rings (SSSR count). The van der Waals surface area contributed by atoms with Crippen LogP contribution < -0.4 is 10.6 Å². The summed E-state index contributed by atoms with van der Waals surface area (Å²) in [6.07, 6.45) is -2.10. The second-order valence-corrected chi connectivity index (χ2v) is 13.1. The zero-order valence-corrected chi connectivity index (χ0v) is 21.8. The minimum absolute atomic E-state index is 0.322. The van der Waals surface area contributed by atoms with Gasteiger partial charge in [-0.2, -0.15) is 0 Å². The number of nitrogens with one attached hydrogen (secondary N) is 1. The lowest BCUT2D eigenvalue weighted by molar-refractivity contribution is -0.174. The summed E-state index contributed by atoms with van der Waals surface area (Å²) < 4.78 is 46.4. The van der Waals surface area contributed by atoms with E-state index in [1.54, 1.807) is 0 Å². The van der Waals surface area contributed by atoms with Crippen molar-refractivity contribution < 1.29 is 28.0 Å². The van der Waals surface area contributed by atoms with Gasteiger partial charge in [-0.15, -0.1) is 0 Å². The highest BCUT2D eigenvalue weighted by Crippen LogP contribution is 2.61. The smallest absolute Gasteiger partial charge is 0.256 e. The summed E-state index contributed by atoms with van der Waals surface area (Å²) in [5.74, 6) is -2.30. The van der Waals surface area contributed by atoms with Crippen molar-refractivity contribution in [3.8, 4) is 0 Å². The largest absolute Gasteiger partial charge is 0.371 e. The van der Waals surface area contributed by atoms with Gasteiger partial charge in [0.1, 0.15) is 30.2 Å². The summed E-state index contributed by atoms with van der Waals surface area (Å²) in [6, 6.07) is 23.6. The van der Waals surface area contributed by atoms with E-state index in [2.05, 4.69) is 29.6 Å². The Balaban J connectivity index is 1.43. The van der Waals surface area contributed by atoms with Crippen LogP contribution in [0.1, 0.15) is 27.7 Å². The summed E-state index contributed by atoms with van der Waals surface area (Å²) in [4.78, 5) is 0. The Bertz CT molecular complexity index is 1310. The van der Waals surface area contributed by atoms with Gasteiger partial charge in [0.05, 0.1) is 6.61 Å². The third-order valence-corrected chi connectivity index (χ3v) is 9.75. The van der Waals surface area contributed by atoms with Crippen LogP contribution in [0, 0.1) is 0 Å². The molecule has 3 aromatic carbocycles. The molecular weight excluding hydrogens is 477 g/mol. The van der Waals surface area contributed by atoms with Gasteiger partial charge in [-0.25, -0.2) is 0 Å². The van der Waals surface area contributed by atoms with Gasteiger partial charge >= 0.3 is 0 Å². The molecule has 7 nitrogen and oxygen atoms in total. The molecule has 0 aromatic heterocycles. The van der Waals surface area contributed by atoms with Crippen molar-refractivity contribution >= 4 is 29.1 Å². The molecule has 3 aromatic rings. The number of ether oxygens (including phenoxy) is 4. The fourth-order valence-corrected chi connectivity index (χ4v) is 8.16. The molecule has 0 bridgehead atoms. The fourth-order valence-electron chi connectivity index (χ4n) is 5.45. The van der Waals surface area contributed by atoms with Crippen molar-refractivity contribution in [3.05, 3.63) is 72.8 Å². The van der Waals surface area contributed by atoms with Crippen molar-refractivity contribution in [2.24, 2.45) is 0 Å². The van der Waals surface area contributed by atoms with Gasteiger partial charge in [-0.3, -0.25) is 4.57 Å². The molecule has 0 saturated carbocycles. The number of fused-ring (bicyclic) bond motifs is 2. The molecule has 0 unspecified atom stereocenters. The molecule has 0 aliphatic carbocycles. The zero-order valence-electron chi connectivity index (χ0n) is 20.9. The minimum Gasteiger partial charge on any atom is -0.371 e. The quantitative estimate of drug-likeness (QED) is 0.482. The van der Waals surface area contributed by atoms with Gasteiger partial charge in [0.15, 0.2) is 11.6 Å². The third-order valence-electron chi connectivity index (χ3n) is 7.02. The lowest BCUT2D eigenvalue weighted by Crippen LogP contribution is -2.57. The second-order valence-electron chi connectivity index (χ2n) is 10.6. The molecule has 8 heteroatoms. The van der Waals surface area contributed by atoms with Crippen LogP contribution in [0.4, 0.5) is 5.69 Å². The Kier molecular flexibility index (Phi) is 5.80. The van der Waals surface area contributed by atoms with Crippen LogP contribution in [-0.2, 0) is 28.0 Å². The van der Waals surface area contributed by atoms with Crippen molar-refractivity contribution in [3.63, 3.8) is 0 Å². The summed E-state index contributed by atoms with van der Waals surface area (Å²) in [6.45, 7) is 7.80. The SMILES string of the molecule is CC1(C)O[C@H]2[C@@H]([C@H]3COC(C)(C)O3)O[P@@](=O)(c3ccccc3)[C@@H](Nc3ccc4ccccc4c3)[C@H]2O1. The van der Waals surface area contributed by atoms with Crippen LogP contribution in [0.25, 0.3) is 10.8 Å². The van der Waals surface area contributed by atoms with Crippen molar-refractivity contribution in [2.75, 3.05) is 11.9 Å². The van der Waals surface area contributed by atoms with Crippen LogP contribution in [0.5, 0.6) is 0 Å². The van der Waals surface area contributed by atoms with E-state index in [9.17, 15) is 4.57 Å². The van der Waals surface area contributed by atoms with E-state index >= 15 is 0 Å². The first-order valence-electron chi connectivity index (χ1n) is 12.4. The lowest BCUT2D eigenvalue weighted by Gasteiger charge is -2.44. The van der Waals surface area contributed by atoms with E-state index in [0.717, 1.165) is 16.5 Å². The van der Waals surface area contributed by atoms with Crippen LogP contribution in [0.2, 0.25) is 0 Å². The van der Waals surface area contributed by atoms with Crippen molar-refractivity contribution in [1.29, 1.82) is 0 Å². The predicted octanol–water partition coefficient (Wildman–Crippen LogP) is 5.25. The van der Waals surface area contributed by atoms with Gasteiger partial charge in [0.2, 0.25) is 0 Å². The number of hydrogen-bond acceptors (Lipinski definition) is 7. The van der Waals surface area contributed by atoms with E-state index in [4.69, 9.17) is 23.5 Å². The molecule has 3 aliphatic heterocycles. The number of hydrogen-bond donors (Lipinski definition) is 1. The fraction of sp³-hybridized carbons (Fsp3) is 0.429. The zero-order chi connectivity index (χ0) is 25.1. The van der Waals surface area contributed by atoms with Gasteiger partial charge in [-0.05, 0) is 62.7 Å². The van der Waals surface area contributed by atoms with E-state index < -0.39 is 49.1 Å². The molecule has 3 aliphatic rings. The van der Waals surface area contributed by atoms with Gasteiger partial charge < -0.3 is 28.8 Å². The normalized spacial score (nSPS) is 34.9. The van der Waals surface area contributed by atoms with Crippen LogP contribution in [-0.4, -0.2) is 48.4 Å². The highest BCUT2D eigenvalue weighted by atomic mass is 31.2. The van der Waals surface area contributed by atoms with Crippen LogP contribution >= 0.6 is 7.37 Å². The Hall–Kier alpha value is -2.25. The monoisotopic (exact) mass is 509 g/mol. The molecule has 3 saturated heterocycles. The van der Waals surface area contributed by atoms with E-state index in [1.807, 2.05) is 76.2 Å². The molecule has 0 radical (unpaired) electrons. The molecule has 0 spiro atoms. The summed E-state index contributed by atoms with van der Waals surface area (Å²) in [5, 5.41) is 6.38. The molecule has 36 heavy (non-hydrogen) atoms. The minimum atomic E-state index is -3.53. The first-order chi connectivity index (χ1) is 17.1. The molecule has 0 amide bonds. The molecule has 6 atom stereocenters. The predicted molar refractivity (Wildman–Crippen MR) is 139 cm³/mol. The molecule has 3 fully saturated rings. The van der Waals surface area contributed by atoms with E-state index in [-0.39, 0.29) is 0 Å². The number of benzene rings is 3. The molecule has 1 N–H and O–H groups in total. The van der Waals surface area contributed by atoms with E-state index in [1.165, 1.54) is 0 Å². The molecular formula is C28H32NO6P. The first-order valence-corrected chi connectivity index (χ1v) is 14.1. The Morgan fingerprint density at radius 3 is 2.19 bits per heavy atom. The topological polar surface area (TPSA) is 75.2 Å². The van der Waals surface area contributed by atoms with Crippen molar-refractivity contribution in [1.82, 2.24) is 0 Å². The summed E-state index contributed by atoms with van der Waals surface area (Å²) >= 11 is 0. The number of rotatable bonds is 4. The van der Waals surface area contributed by atoms with Gasteiger partial charge in [-0.1, -0.05) is 48.5 Å². The maximum Gasteiger partial charge on any atom is 0.256 e. The summed E-state index contributed by atoms with van der Waals surface area (Å²) in [7, 11) is -3.53. The second kappa shape index (κ2) is 8.66. The van der Waals surface area contributed by atoms with E-state index in [0.29, 0.717) is 11.9 Å². The first kappa shape index (κ1) is 24.1. The Morgan fingerprint density at radius 2 is 1.47 bits per heavy atom. The third kappa shape index (κ3) is 4.28. The van der Waals surface area contributed by atoms with Crippen LogP contribution in [0.3, 0.4) is 0 Å². The Morgan fingerprint density at radius 1 is 0.778 bits per heavy atom.